The molecule has 17 nitrogen and oxygen atoms in total. The lowest BCUT2D eigenvalue weighted by molar-refractivity contribution is -0.124. The van der Waals surface area contributed by atoms with Crippen LogP contribution in [0.1, 0.15) is 416 Å². The van der Waals surface area contributed by atoms with Crippen LogP contribution < -0.4 is 37.9 Å². The molecule has 5 N–H and O–H groups in total. The van der Waals surface area contributed by atoms with E-state index in [1.165, 1.54) is 241 Å². The molecule has 6 atom stereocenters. The van der Waals surface area contributed by atoms with E-state index in [1.54, 1.807) is 7.11 Å². The molecule has 0 radical (unpaired) electrons. The van der Waals surface area contributed by atoms with E-state index < -0.39 is 17.8 Å². The number of hydrogen-bond donors (Lipinski definition) is 5. The fourth-order valence-electron chi connectivity index (χ4n) is 20.4. The normalized spacial score (nSPS) is 16.9. The predicted molar refractivity (Wildman–Crippen MR) is 603 cm³/mol. The molecule has 146 heavy (non-hydrogen) atoms. The molecule has 0 heterocycles. The third kappa shape index (κ3) is 52.2. The van der Waals surface area contributed by atoms with Crippen molar-refractivity contribution in [3.05, 3.63) is 210 Å². The molecule has 0 saturated heterocycles. The van der Waals surface area contributed by atoms with Gasteiger partial charge < -0.3 is 77.6 Å². The van der Waals surface area contributed by atoms with Gasteiger partial charge in [0.2, 0.25) is 0 Å². The zero-order valence-corrected chi connectivity index (χ0v) is 92.9. The topological polar surface area (TPSA) is 220 Å². The van der Waals surface area contributed by atoms with Crippen molar-refractivity contribution >= 4 is 11.4 Å². The molecule has 0 spiro atoms. The number of aliphatic hydroxyl groups is 5. The van der Waals surface area contributed by atoms with Gasteiger partial charge >= 0.3 is 0 Å². The molecule has 0 aliphatic heterocycles. The minimum Gasteiger partial charge on any atom is -0.493 e. The molecule has 13 rings (SSSR count). The Labute approximate surface area is 885 Å². The SMILES string of the molecule is C=C(CCC)c1cccc(OCC2CCCCC2)c1.CCCC(C)c1cccc(OCC2CCCCC2)c1.CCCC(CO)c1cccc(OCC2CCCCC2)c1.CCCC(O)(CO)c1cccc(OCC2CCCCC2)c1.CCCOc1cccc(OCC(CC)CC)c1.CC[C@@H](C)[C@@H](O)c1cccc(OCC2CCCCC2)c1.COCCOCCOCC(=O)CCCC(O)c1cccc(OCC2CCCCC2)c1. The van der Waals surface area contributed by atoms with E-state index in [9.17, 15) is 30.3 Å². The highest BCUT2D eigenvalue weighted by Gasteiger charge is 2.29. The predicted octanol–water partition coefficient (Wildman–Crippen LogP) is 32.3. The number of aliphatic hydroxyl groups excluding tert-OH is 4. The summed E-state index contributed by atoms with van der Waals surface area (Å²) in [5.74, 6) is 13.5. The Morgan fingerprint density at radius 1 is 0.377 bits per heavy atom. The minimum absolute atomic E-state index is 0.0451. The lowest BCUT2D eigenvalue weighted by atomic mass is 9.89. The summed E-state index contributed by atoms with van der Waals surface area (Å²) in [5.41, 5.74) is 6.47. The summed E-state index contributed by atoms with van der Waals surface area (Å²) in [5, 5.41) is 50.3. The second kappa shape index (κ2) is 77.4. The lowest BCUT2D eigenvalue weighted by Crippen LogP contribution is -2.30. The summed E-state index contributed by atoms with van der Waals surface area (Å²) < 4.78 is 62.6. The molecule has 4 unspecified atom stereocenters. The number of rotatable bonds is 56. The van der Waals surface area contributed by atoms with Crippen LogP contribution in [-0.2, 0) is 24.6 Å². The first-order valence-electron chi connectivity index (χ1n) is 58.2. The van der Waals surface area contributed by atoms with Gasteiger partial charge in [-0.05, 0) is 299 Å². The smallest absolute Gasteiger partial charge is 0.158 e. The Morgan fingerprint density at radius 2 is 0.760 bits per heavy atom. The fraction of sp³-hybridized carbons (Fsp3) is 0.651. The molecule has 6 saturated carbocycles. The molecule has 7 aromatic carbocycles. The Balaban J connectivity index is 0.000000232. The second-order valence-corrected chi connectivity index (χ2v) is 42.6. The van der Waals surface area contributed by atoms with Gasteiger partial charge in [-0.3, -0.25) is 4.79 Å². The molecule has 0 bridgehead atoms. The highest BCUT2D eigenvalue weighted by molar-refractivity contribution is 5.79. The quantitative estimate of drug-likeness (QED) is 0.0224. The number of Topliss-reactive ketones (excluding diaryl/α,β-unsaturated/α-hetero) is 1. The fourth-order valence-corrected chi connectivity index (χ4v) is 20.4. The van der Waals surface area contributed by atoms with Gasteiger partial charge in [0, 0.05) is 32.1 Å². The van der Waals surface area contributed by atoms with Crippen LogP contribution in [0.25, 0.3) is 5.57 Å². The molecule has 0 amide bonds. The highest BCUT2D eigenvalue weighted by Crippen LogP contribution is 2.37. The van der Waals surface area contributed by atoms with Crippen molar-refractivity contribution in [3.8, 4) is 46.0 Å². The highest BCUT2D eigenvalue weighted by atomic mass is 16.5. The summed E-state index contributed by atoms with van der Waals surface area (Å²) in [4.78, 5) is 11.9. The van der Waals surface area contributed by atoms with Crippen molar-refractivity contribution in [3.63, 3.8) is 0 Å². The average Bonchev–Trinajstić information content (AvgIpc) is 0.816. The molecular weight excluding hydrogens is 1820 g/mol. The van der Waals surface area contributed by atoms with E-state index in [2.05, 4.69) is 130 Å². The maximum Gasteiger partial charge on any atom is 0.158 e. The van der Waals surface area contributed by atoms with Crippen molar-refractivity contribution in [1.82, 2.24) is 0 Å². The van der Waals surface area contributed by atoms with Gasteiger partial charge in [-0.2, -0.15) is 0 Å². The number of methoxy groups -OCH3 is 1. The van der Waals surface area contributed by atoms with E-state index in [4.69, 9.17) is 52.1 Å². The van der Waals surface area contributed by atoms with Gasteiger partial charge in [-0.1, -0.05) is 315 Å². The molecule has 0 aromatic heterocycles. The third-order valence-corrected chi connectivity index (χ3v) is 30.2. The summed E-state index contributed by atoms with van der Waals surface area (Å²) in [6.45, 7) is 34.3. The van der Waals surface area contributed by atoms with E-state index in [-0.39, 0.29) is 37.4 Å². The van der Waals surface area contributed by atoms with E-state index >= 15 is 0 Å². The van der Waals surface area contributed by atoms with Crippen LogP contribution in [0.3, 0.4) is 0 Å². The number of benzene rings is 7. The van der Waals surface area contributed by atoms with Crippen molar-refractivity contribution in [2.24, 2.45) is 47.3 Å². The first-order chi connectivity index (χ1) is 71.3. The molecule has 7 aromatic rings. The molecular formula is C129H200O17. The summed E-state index contributed by atoms with van der Waals surface area (Å²) >= 11 is 0. The standard InChI is InChI=1S/C24H38O6.C18H28O3.2C18H28O2.C18H28O.C18H26O.C15H24O2/c1-27-13-14-28-15-16-29-19-22(25)10-6-12-24(26)21-9-5-11-23(17-21)30-18-20-7-3-2-4-8-20;1-2-11-18(20,14-19)16-9-6-10-17(12-16)21-13-15-7-4-3-5-8-15;1-3-14(2)18(19)16-10-7-11-17(12-16)20-13-15-8-5-4-6-9-15;1-2-7-17(13-19)16-10-6-11-18(12-16)20-14-15-8-4-3-5-9-15;2*1-3-8-15(2)17-11-7-12-18(13-17)19-14-16-9-5-4-6-10-16;1-4-10-16-14-8-7-9-15(11-14)17-12-13(5-2)6-3/h5,9,11,17,20,24,26H,2-4,6-8,10,12-16,18-19H2,1H3;6,9-10,12,15,19-20H,2-5,7-8,11,13-14H2,1H3;7,10-12,14-15,18-19H,3-6,8-9,13H2,1-2H3;6,10-12,15,17,19H,2-5,7-9,13-14H2,1H3;7,11-13,15-16H,3-6,8-10,14H2,1-2H3;7,11-13,16H,2-6,8-10,14H2,1H3;7-9,11,13H,4-6,10,12H2,1-3H3/t;;14-,18-;;;;/m..1..../s1. The van der Waals surface area contributed by atoms with Crippen LogP contribution in [0.5, 0.6) is 46.0 Å². The molecule has 17 heteroatoms. The lowest BCUT2D eigenvalue weighted by Gasteiger charge is -2.27. The Hall–Kier alpha value is -7.97. The number of ketones is 1. The van der Waals surface area contributed by atoms with Crippen molar-refractivity contribution in [1.29, 1.82) is 0 Å². The van der Waals surface area contributed by atoms with Crippen LogP contribution in [0, 0.1) is 47.3 Å². The molecule has 6 fully saturated rings. The minimum atomic E-state index is -1.15. The van der Waals surface area contributed by atoms with Crippen molar-refractivity contribution in [2.45, 2.75) is 388 Å². The van der Waals surface area contributed by atoms with Gasteiger partial charge in [0.1, 0.15) is 58.2 Å². The first-order valence-corrected chi connectivity index (χ1v) is 58.2. The van der Waals surface area contributed by atoms with Crippen molar-refractivity contribution < 1.29 is 82.4 Å². The van der Waals surface area contributed by atoms with Gasteiger partial charge in [0.05, 0.1) is 98.1 Å². The van der Waals surface area contributed by atoms with Crippen LogP contribution in [0.2, 0.25) is 0 Å². The molecule has 818 valence electrons. The average molecular weight is 2020 g/mol. The number of allylic oxidation sites excluding steroid dienone is 1. The van der Waals surface area contributed by atoms with Crippen LogP contribution in [0.15, 0.2) is 176 Å². The summed E-state index contributed by atoms with van der Waals surface area (Å²) in [6, 6.07) is 56.5. The monoisotopic (exact) mass is 2020 g/mol. The van der Waals surface area contributed by atoms with E-state index in [1.807, 2.05) is 116 Å². The van der Waals surface area contributed by atoms with Gasteiger partial charge in [0.25, 0.3) is 0 Å². The van der Waals surface area contributed by atoms with Crippen LogP contribution >= 0.6 is 0 Å². The van der Waals surface area contributed by atoms with Crippen LogP contribution in [0.4, 0.5) is 0 Å². The maximum atomic E-state index is 11.9. The number of hydrogen-bond acceptors (Lipinski definition) is 17. The Kier molecular flexibility index (Phi) is 66.2. The number of carbonyl (C=O) groups is 1. The molecule has 6 aliphatic carbocycles. The number of ether oxygens (including phenoxy) is 11. The first kappa shape index (κ1) is 125. The summed E-state index contributed by atoms with van der Waals surface area (Å²) in [7, 11) is 1.62. The zero-order chi connectivity index (χ0) is 105. The van der Waals surface area contributed by atoms with E-state index in [0.717, 1.165) is 178 Å². The Morgan fingerprint density at radius 3 is 1.18 bits per heavy atom. The van der Waals surface area contributed by atoms with Crippen molar-refractivity contribution in [2.75, 3.05) is 106 Å². The maximum absolute atomic E-state index is 11.9. The second-order valence-electron chi connectivity index (χ2n) is 42.6. The third-order valence-electron chi connectivity index (χ3n) is 30.2. The summed E-state index contributed by atoms with van der Waals surface area (Å²) in [6.07, 6.45) is 53.2. The van der Waals surface area contributed by atoms with Gasteiger partial charge in [-0.15, -0.1) is 0 Å². The number of carbonyl (C=O) groups excluding carboxylic acids is 1. The zero-order valence-electron chi connectivity index (χ0n) is 92.9. The van der Waals surface area contributed by atoms with Gasteiger partial charge in [0.15, 0.2) is 5.78 Å². The van der Waals surface area contributed by atoms with Gasteiger partial charge in [-0.25, -0.2) is 0 Å². The largest absolute Gasteiger partial charge is 0.493 e. The molecule has 6 aliphatic rings. The van der Waals surface area contributed by atoms with Crippen LogP contribution in [-0.4, -0.2) is 138 Å². The van der Waals surface area contributed by atoms with E-state index in [0.29, 0.717) is 81.7 Å². The Bertz CT molecular complexity index is 4350.